The van der Waals surface area contributed by atoms with Crippen molar-refractivity contribution in [1.29, 1.82) is 0 Å². The Morgan fingerprint density at radius 1 is 1.19 bits per heavy atom. The van der Waals surface area contributed by atoms with Crippen LogP contribution in [0, 0.1) is 11.6 Å². The number of hydrogen-bond acceptors (Lipinski definition) is 3. The third-order valence-corrected chi connectivity index (χ3v) is 3.53. The van der Waals surface area contributed by atoms with Crippen molar-refractivity contribution >= 4 is 23.2 Å². The van der Waals surface area contributed by atoms with Crippen molar-refractivity contribution in [3.8, 4) is 0 Å². The monoisotopic (exact) mass is 310 g/mol. The van der Waals surface area contributed by atoms with Crippen LogP contribution in [-0.4, -0.2) is 18.9 Å². The topological polar surface area (TPSA) is 58.2 Å². The molecule has 4 nitrogen and oxygen atoms in total. The van der Waals surface area contributed by atoms with Gasteiger partial charge in [0.1, 0.15) is 6.04 Å². The molecule has 21 heavy (non-hydrogen) atoms. The van der Waals surface area contributed by atoms with Crippen LogP contribution in [0.3, 0.4) is 0 Å². The van der Waals surface area contributed by atoms with E-state index in [1.54, 1.807) is 16.8 Å². The van der Waals surface area contributed by atoms with Crippen molar-refractivity contribution < 1.29 is 18.4 Å². The highest BCUT2D eigenvalue weighted by Crippen LogP contribution is 2.18. The molecule has 0 spiro atoms. The Balaban J connectivity index is 2.28. The summed E-state index contributed by atoms with van der Waals surface area (Å²) in [7, 11) is 1.39. The van der Waals surface area contributed by atoms with Crippen LogP contribution < -0.4 is 10.6 Å². The predicted octanol–water partition coefficient (Wildman–Crippen LogP) is 2.24. The SMILES string of the molecule is CNC(=O)C(NC(=O)c1ccsc1)c1ccc(F)c(F)c1. The highest BCUT2D eigenvalue weighted by molar-refractivity contribution is 7.08. The third-order valence-electron chi connectivity index (χ3n) is 2.84. The molecule has 0 aliphatic rings. The molecule has 0 saturated heterocycles. The quantitative estimate of drug-likeness (QED) is 0.910. The van der Waals surface area contributed by atoms with Crippen molar-refractivity contribution in [1.82, 2.24) is 10.6 Å². The number of amides is 2. The number of halogens is 2. The molecular weight excluding hydrogens is 298 g/mol. The number of carbonyl (C=O) groups excluding carboxylic acids is 2. The summed E-state index contributed by atoms with van der Waals surface area (Å²) < 4.78 is 26.3. The molecule has 110 valence electrons. The molecule has 1 heterocycles. The number of benzene rings is 1. The van der Waals surface area contributed by atoms with Crippen molar-refractivity contribution in [2.24, 2.45) is 0 Å². The minimum atomic E-state index is -1.10. The largest absolute Gasteiger partial charge is 0.357 e. The van der Waals surface area contributed by atoms with E-state index in [1.165, 1.54) is 24.5 Å². The van der Waals surface area contributed by atoms with Crippen molar-refractivity contribution in [3.05, 3.63) is 57.8 Å². The van der Waals surface area contributed by atoms with Gasteiger partial charge in [0, 0.05) is 12.4 Å². The first-order valence-electron chi connectivity index (χ1n) is 6.02. The van der Waals surface area contributed by atoms with Gasteiger partial charge in [0.15, 0.2) is 11.6 Å². The van der Waals surface area contributed by atoms with Gasteiger partial charge in [0.05, 0.1) is 5.56 Å². The van der Waals surface area contributed by atoms with E-state index < -0.39 is 29.5 Å². The lowest BCUT2D eigenvalue weighted by molar-refractivity contribution is -0.122. The number of nitrogens with one attached hydrogen (secondary N) is 2. The second-order valence-electron chi connectivity index (χ2n) is 4.21. The van der Waals surface area contributed by atoms with Crippen LogP contribution in [0.15, 0.2) is 35.0 Å². The standard InChI is InChI=1S/C14H12F2N2O2S/c1-17-14(20)12(8-2-3-10(15)11(16)6-8)18-13(19)9-4-5-21-7-9/h2-7,12H,1H3,(H,17,20)(H,18,19). The average molecular weight is 310 g/mol. The number of thiophene rings is 1. The van der Waals surface area contributed by atoms with Crippen molar-refractivity contribution in [3.63, 3.8) is 0 Å². The normalized spacial score (nSPS) is 11.8. The van der Waals surface area contributed by atoms with Gasteiger partial charge in [0.2, 0.25) is 5.91 Å². The van der Waals surface area contributed by atoms with E-state index in [9.17, 15) is 18.4 Å². The van der Waals surface area contributed by atoms with Crippen LogP contribution in [0.1, 0.15) is 22.0 Å². The zero-order valence-electron chi connectivity index (χ0n) is 11.0. The van der Waals surface area contributed by atoms with E-state index in [1.807, 2.05) is 0 Å². The molecule has 0 saturated carbocycles. The van der Waals surface area contributed by atoms with Gasteiger partial charge in [-0.25, -0.2) is 8.78 Å². The molecule has 2 amide bonds. The van der Waals surface area contributed by atoms with Crippen molar-refractivity contribution in [2.45, 2.75) is 6.04 Å². The first-order valence-corrected chi connectivity index (χ1v) is 6.97. The summed E-state index contributed by atoms with van der Waals surface area (Å²) in [5, 5.41) is 8.23. The highest BCUT2D eigenvalue weighted by atomic mass is 32.1. The molecule has 2 N–H and O–H groups in total. The minimum Gasteiger partial charge on any atom is -0.357 e. The summed E-state index contributed by atoms with van der Waals surface area (Å²) in [5.41, 5.74) is 0.563. The lowest BCUT2D eigenvalue weighted by Crippen LogP contribution is -2.39. The molecule has 0 fully saturated rings. The molecule has 2 aromatic rings. The smallest absolute Gasteiger partial charge is 0.253 e. The van der Waals surface area contributed by atoms with E-state index in [-0.39, 0.29) is 5.56 Å². The second-order valence-corrected chi connectivity index (χ2v) is 4.99. The van der Waals surface area contributed by atoms with Crippen LogP contribution in [-0.2, 0) is 4.79 Å². The highest BCUT2D eigenvalue weighted by Gasteiger charge is 2.23. The van der Waals surface area contributed by atoms with E-state index in [0.29, 0.717) is 5.56 Å². The third kappa shape index (κ3) is 3.43. The Hall–Kier alpha value is -2.28. The Morgan fingerprint density at radius 2 is 1.95 bits per heavy atom. The maximum atomic E-state index is 13.3. The molecule has 0 aliphatic carbocycles. The molecule has 0 aliphatic heterocycles. The van der Waals surface area contributed by atoms with Gasteiger partial charge in [-0.1, -0.05) is 6.07 Å². The average Bonchev–Trinajstić information content (AvgIpc) is 3.01. The van der Waals surface area contributed by atoms with E-state index >= 15 is 0 Å². The van der Waals surface area contributed by atoms with Crippen LogP contribution in [0.2, 0.25) is 0 Å². The Bertz CT molecular complexity index is 659. The van der Waals surface area contributed by atoms with E-state index in [2.05, 4.69) is 10.6 Å². The predicted molar refractivity (Wildman–Crippen MR) is 75.0 cm³/mol. The lowest BCUT2D eigenvalue weighted by atomic mass is 10.1. The fourth-order valence-corrected chi connectivity index (χ4v) is 2.38. The Kier molecular flexibility index (Phi) is 4.64. The zero-order valence-corrected chi connectivity index (χ0v) is 11.8. The van der Waals surface area contributed by atoms with Gasteiger partial charge < -0.3 is 10.6 Å². The van der Waals surface area contributed by atoms with Gasteiger partial charge in [-0.2, -0.15) is 11.3 Å². The lowest BCUT2D eigenvalue weighted by Gasteiger charge is -2.17. The molecule has 1 atom stereocenters. The van der Waals surface area contributed by atoms with Crippen LogP contribution in [0.25, 0.3) is 0 Å². The summed E-state index contributed by atoms with van der Waals surface area (Å²) in [6.07, 6.45) is 0. The molecule has 0 radical (unpaired) electrons. The second kappa shape index (κ2) is 6.45. The fraction of sp³-hybridized carbons (Fsp3) is 0.143. The Labute approximate surface area is 123 Å². The molecule has 0 bridgehead atoms. The van der Waals surface area contributed by atoms with Crippen LogP contribution in [0.5, 0.6) is 0 Å². The Morgan fingerprint density at radius 3 is 2.52 bits per heavy atom. The minimum absolute atomic E-state index is 0.164. The van der Waals surface area contributed by atoms with Gasteiger partial charge >= 0.3 is 0 Å². The maximum Gasteiger partial charge on any atom is 0.253 e. The number of rotatable bonds is 4. The summed E-state index contributed by atoms with van der Waals surface area (Å²) in [6, 6.07) is 3.57. The molecule has 1 aromatic carbocycles. The number of likely N-dealkylation sites (N-methyl/N-ethyl adjacent to an activating group) is 1. The summed E-state index contributed by atoms with van der Waals surface area (Å²) in [5.74, 6) is -3.08. The summed E-state index contributed by atoms with van der Waals surface area (Å²) in [4.78, 5) is 23.9. The first-order chi connectivity index (χ1) is 10.0. The summed E-state index contributed by atoms with van der Waals surface area (Å²) >= 11 is 1.34. The fourth-order valence-electron chi connectivity index (χ4n) is 1.74. The van der Waals surface area contributed by atoms with E-state index in [4.69, 9.17) is 0 Å². The van der Waals surface area contributed by atoms with Gasteiger partial charge in [0.25, 0.3) is 5.91 Å². The van der Waals surface area contributed by atoms with Gasteiger partial charge in [-0.3, -0.25) is 9.59 Å². The first kappa shape index (κ1) is 15.1. The number of carbonyl (C=O) groups is 2. The molecule has 7 heteroatoms. The van der Waals surface area contributed by atoms with Gasteiger partial charge in [-0.05, 0) is 29.1 Å². The molecular formula is C14H12F2N2O2S. The summed E-state index contributed by atoms with van der Waals surface area (Å²) in [6.45, 7) is 0. The van der Waals surface area contributed by atoms with E-state index in [0.717, 1.165) is 12.1 Å². The number of hydrogen-bond donors (Lipinski definition) is 2. The van der Waals surface area contributed by atoms with Gasteiger partial charge in [-0.15, -0.1) is 0 Å². The molecule has 1 aromatic heterocycles. The maximum absolute atomic E-state index is 13.3. The molecule has 2 rings (SSSR count). The molecule has 1 unspecified atom stereocenters. The van der Waals surface area contributed by atoms with Crippen molar-refractivity contribution in [2.75, 3.05) is 7.05 Å². The van der Waals surface area contributed by atoms with Crippen LogP contribution in [0.4, 0.5) is 8.78 Å². The van der Waals surface area contributed by atoms with Crippen LogP contribution >= 0.6 is 11.3 Å². The zero-order chi connectivity index (χ0) is 15.4.